The molecule has 7 heteroatoms. The van der Waals surface area contributed by atoms with Crippen LogP contribution < -0.4 is 16.0 Å². The van der Waals surface area contributed by atoms with Gasteiger partial charge in [-0.1, -0.05) is 0 Å². The minimum absolute atomic E-state index is 0.0200. The highest BCUT2D eigenvalue weighted by molar-refractivity contribution is 5.84. The SMILES string of the molecule is CN=C(NCC(C)(C)C(=O)NC)NC1CCC(=O)N(C)C1. The molecule has 0 aromatic carbocycles. The van der Waals surface area contributed by atoms with Gasteiger partial charge in [-0.25, -0.2) is 0 Å². The Morgan fingerprint density at radius 2 is 2.14 bits per heavy atom. The third-order valence-corrected chi connectivity index (χ3v) is 3.73. The quantitative estimate of drug-likeness (QED) is 0.484. The highest BCUT2D eigenvalue weighted by Gasteiger charge is 2.28. The maximum Gasteiger partial charge on any atom is 0.227 e. The highest BCUT2D eigenvalue weighted by Crippen LogP contribution is 2.13. The molecule has 21 heavy (non-hydrogen) atoms. The number of nitrogens with one attached hydrogen (secondary N) is 3. The Morgan fingerprint density at radius 1 is 1.48 bits per heavy atom. The highest BCUT2D eigenvalue weighted by atomic mass is 16.2. The molecule has 1 unspecified atom stereocenters. The Bertz CT molecular complexity index is 420. The van der Waals surface area contributed by atoms with E-state index in [0.717, 1.165) is 6.42 Å². The van der Waals surface area contributed by atoms with Crippen molar-refractivity contribution in [3.05, 3.63) is 0 Å². The average Bonchev–Trinajstić information content (AvgIpc) is 2.46. The number of carbonyl (C=O) groups is 2. The van der Waals surface area contributed by atoms with E-state index in [9.17, 15) is 9.59 Å². The van der Waals surface area contributed by atoms with E-state index in [1.807, 2.05) is 13.8 Å². The fraction of sp³-hybridized carbons (Fsp3) is 0.786. The summed E-state index contributed by atoms with van der Waals surface area (Å²) in [5.74, 6) is 0.810. The molecule has 1 atom stereocenters. The van der Waals surface area contributed by atoms with E-state index in [1.165, 1.54) is 0 Å². The third kappa shape index (κ3) is 4.91. The molecular formula is C14H27N5O2. The molecule has 1 rings (SSSR count). The lowest BCUT2D eigenvalue weighted by Gasteiger charge is -2.32. The van der Waals surface area contributed by atoms with Gasteiger partial charge in [0.2, 0.25) is 11.8 Å². The monoisotopic (exact) mass is 297 g/mol. The number of amides is 2. The lowest BCUT2D eigenvalue weighted by atomic mass is 9.92. The smallest absolute Gasteiger partial charge is 0.227 e. The number of carbonyl (C=O) groups excluding carboxylic acids is 2. The van der Waals surface area contributed by atoms with Gasteiger partial charge in [0.15, 0.2) is 5.96 Å². The van der Waals surface area contributed by atoms with Gasteiger partial charge < -0.3 is 20.9 Å². The van der Waals surface area contributed by atoms with Crippen molar-refractivity contribution < 1.29 is 9.59 Å². The molecule has 7 nitrogen and oxygen atoms in total. The summed E-state index contributed by atoms with van der Waals surface area (Å²) >= 11 is 0. The van der Waals surface area contributed by atoms with E-state index >= 15 is 0 Å². The van der Waals surface area contributed by atoms with Gasteiger partial charge >= 0.3 is 0 Å². The van der Waals surface area contributed by atoms with Crippen LogP contribution in [0, 0.1) is 5.41 Å². The minimum atomic E-state index is -0.522. The van der Waals surface area contributed by atoms with Gasteiger partial charge in [0.05, 0.1) is 5.41 Å². The molecule has 120 valence electrons. The normalized spacial score (nSPS) is 20.2. The average molecular weight is 297 g/mol. The maximum atomic E-state index is 11.7. The van der Waals surface area contributed by atoms with Crippen LogP contribution in [0.25, 0.3) is 0 Å². The lowest BCUT2D eigenvalue weighted by molar-refractivity contribution is -0.132. The number of piperidine rings is 1. The van der Waals surface area contributed by atoms with Gasteiger partial charge in [0.25, 0.3) is 0 Å². The number of aliphatic imine (C=N–C) groups is 1. The summed E-state index contributed by atoms with van der Waals surface area (Å²) in [6.45, 7) is 4.89. The van der Waals surface area contributed by atoms with Gasteiger partial charge in [-0.15, -0.1) is 0 Å². The zero-order chi connectivity index (χ0) is 16.0. The molecule has 1 saturated heterocycles. The minimum Gasteiger partial charge on any atom is -0.359 e. The van der Waals surface area contributed by atoms with E-state index in [4.69, 9.17) is 0 Å². The maximum absolute atomic E-state index is 11.7. The fourth-order valence-corrected chi connectivity index (χ4v) is 2.24. The molecule has 0 spiro atoms. The Kier molecular flexibility index (Phi) is 5.99. The first kappa shape index (κ1) is 17.3. The second-order valence-electron chi connectivity index (χ2n) is 6.04. The second-order valence-corrected chi connectivity index (χ2v) is 6.04. The summed E-state index contributed by atoms with van der Waals surface area (Å²) in [7, 11) is 5.13. The van der Waals surface area contributed by atoms with E-state index in [0.29, 0.717) is 25.5 Å². The van der Waals surface area contributed by atoms with E-state index in [2.05, 4.69) is 20.9 Å². The zero-order valence-corrected chi connectivity index (χ0v) is 13.6. The number of likely N-dealkylation sites (tertiary alicyclic amines) is 1. The van der Waals surface area contributed by atoms with E-state index in [1.54, 1.807) is 26.0 Å². The van der Waals surface area contributed by atoms with Crippen LogP contribution in [-0.2, 0) is 9.59 Å². The van der Waals surface area contributed by atoms with Crippen LogP contribution in [0.2, 0.25) is 0 Å². The molecule has 0 bridgehead atoms. The lowest BCUT2D eigenvalue weighted by Crippen LogP contribution is -2.53. The van der Waals surface area contributed by atoms with Crippen molar-refractivity contribution in [1.82, 2.24) is 20.9 Å². The molecule has 1 heterocycles. The standard InChI is InChI=1S/C14H27N5O2/c1-14(2,12(21)15-3)9-17-13(16-4)18-10-6-7-11(20)19(5)8-10/h10H,6-9H2,1-5H3,(H,15,21)(H2,16,17,18). The third-order valence-electron chi connectivity index (χ3n) is 3.73. The number of hydrogen-bond acceptors (Lipinski definition) is 3. The van der Waals surface area contributed by atoms with Crippen molar-refractivity contribution in [1.29, 1.82) is 0 Å². The Morgan fingerprint density at radius 3 is 2.67 bits per heavy atom. The zero-order valence-electron chi connectivity index (χ0n) is 13.6. The summed E-state index contributed by atoms with van der Waals surface area (Å²) in [4.78, 5) is 29.1. The van der Waals surface area contributed by atoms with E-state index < -0.39 is 5.41 Å². The molecule has 0 aromatic rings. The number of nitrogens with zero attached hydrogens (tertiary/aromatic N) is 2. The second kappa shape index (κ2) is 7.28. The van der Waals surface area contributed by atoms with Crippen molar-refractivity contribution in [2.75, 3.05) is 34.2 Å². The number of rotatable bonds is 4. The van der Waals surface area contributed by atoms with Crippen molar-refractivity contribution in [2.24, 2.45) is 10.4 Å². The first-order valence-electron chi connectivity index (χ1n) is 7.23. The summed E-state index contributed by atoms with van der Waals surface area (Å²) in [5.41, 5.74) is -0.522. The van der Waals surface area contributed by atoms with Crippen molar-refractivity contribution >= 4 is 17.8 Å². The summed E-state index contributed by atoms with van der Waals surface area (Å²) in [5, 5.41) is 9.13. The van der Waals surface area contributed by atoms with Crippen LogP contribution in [0.15, 0.2) is 4.99 Å². The molecule has 2 amide bonds. The van der Waals surface area contributed by atoms with Crippen LogP contribution in [0.3, 0.4) is 0 Å². The molecule has 0 radical (unpaired) electrons. The van der Waals surface area contributed by atoms with Crippen LogP contribution >= 0.6 is 0 Å². The predicted molar refractivity (Wildman–Crippen MR) is 83.0 cm³/mol. The molecule has 3 N–H and O–H groups in total. The van der Waals surface area contributed by atoms with Crippen molar-refractivity contribution in [3.8, 4) is 0 Å². The Labute approximate surface area is 126 Å². The van der Waals surface area contributed by atoms with Gasteiger partial charge in [-0.2, -0.15) is 0 Å². The topological polar surface area (TPSA) is 85.8 Å². The Balaban J connectivity index is 2.50. The van der Waals surface area contributed by atoms with Crippen LogP contribution in [0.5, 0.6) is 0 Å². The predicted octanol–water partition coefficient (Wildman–Crippen LogP) is -0.456. The largest absolute Gasteiger partial charge is 0.359 e. The first-order valence-corrected chi connectivity index (χ1v) is 7.23. The summed E-state index contributed by atoms with van der Waals surface area (Å²) < 4.78 is 0. The molecule has 1 aliphatic rings. The summed E-state index contributed by atoms with van der Waals surface area (Å²) in [6, 6.07) is 0.182. The van der Waals surface area contributed by atoms with Gasteiger partial charge in [0.1, 0.15) is 0 Å². The van der Waals surface area contributed by atoms with Crippen LogP contribution in [0.1, 0.15) is 26.7 Å². The molecule has 1 fully saturated rings. The number of guanidine groups is 1. The van der Waals surface area contributed by atoms with Crippen molar-refractivity contribution in [2.45, 2.75) is 32.7 Å². The van der Waals surface area contributed by atoms with E-state index in [-0.39, 0.29) is 17.9 Å². The Hall–Kier alpha value is -1.79. The van der Waals surface area contributed by atoms with Crippen LogP contribution in [0.4, 0.5) is 0 Å². The van der Waals surface area contributed by atoms with Crippen LogP contribution in [-0.4, -0.2) is 62.9 Å². The van der Waals surface area contributed by atoms with Gasteiger partial charge in [-0.05, 0) is 20.3 Å². The molecule has 0 aliphatic carbocycles. The number of hydrogen-bond donors (Lipinski definition) is 3. The fourth-order valence-electron chi connectivity index (χ4n) is 2.24. The molecule has 0 aromatic heterocycles. The van der Waals surface area contributed by atoms with Gasteiger partial charge in [0, 0.05) is 46.7 Å². The van der Waals surface area contributed by atoms with Crippen molar-refractivity contribution in [3.63, 3.8) is 0 Å². The summed E-state index contributed by atoms with van der Waals surface area (Å²) in [6.07, 6.45) is 1.34. The molecule has 0 saturated carbocycles. The molecular weight excluding hydrogens is 270 g/mol. The first-order chi connectivity index (χ1) is 9.80. The molecule has 1 aliphatic heterocycles. The van der Waals surface area contributed by atoms with Gasteiger partial charge in [-0.3, -0.25) is 14.6 Å². The number of likely N-dealkylation sites (N-methyl/N-ethyl adjacent to an activating group) is 1.